The molecule has 128 valence electrons. The van der Waals surface area contributed by atoms with Crippen molar-refractivity contribution in [2.75, 3.05) is 0 Å². The number of hydrogen-bond donors (Lipinski definition) is 1. The van der Waals surface area contributed by atoms with Gasteiger partial charge in [0.1, 0.15) is 11.2 Å². The minimum Gasteiger partial charge on any atom is -0.463 e. The van der Waals surface area contributed by atoms with Crippen LogP contribution in [-0.2, 0) is 16.9 Å². The maximum atomic E-state index is 12.6. The van der Waals surface area contributed by atoms with Crippen molar-refractivity contribution in [3.05, 3.63) is 71.0 Å². The summed E-state index contributed by atoms with van der Waals surface area (Å²) in [7, 11) is 0. The van der Waals surface area contributed by atoms with Gasteiger partial charge >= 0.3 is 0 Å². The van der Waals surface area contributed by atoms with Crippen LogP contribution in [0.4, 0.5) is 0 Å². The molecule has 0 spiro atoms. The zero-order chi connectivity index (χ0) is 17.9. The van der Waals surface area contributed by atoms with E-state index >= 15 is 0 Å². The van der Waals surface area contributed by atoms with Gasteiger partial charge < -0.3 is 9.73 Å². The molecule has 3 heterocycles. The second-order valence-corrected chi connectivity index (χ2v) is 6.01. The highest BCUT2D eigenvalue weighted by molar-refractivity contribution is 5.83. The lowest BCUT2D eigenvalue weighted by Crippen LogP contribution is -2.49. The second kappa shape index (κ2) is 6.72. The topological polar surface area (TPSA) is 90.0 Å². The average molecular weight is 338 g/mol. The molecule has 1 N–H and O–H groups in total. The summed E-state index contributed by atoms with van der Waals surface area (Å²) >= 11 is 0. The van der Waals surface area contributed by atoms with E-state index in [1.165, 1.54) is 17.0 Å². The first-order chi connectivity index (χ1) is 12.0. The molecule has 0 aliphatic rings. The van der Waals surface area contributed by atoms with Crippen LogP contribution in [0.5, 0.6) is 0 Å². The van der Waals surface area contributed by atoms with Crippen molar-refractivity contribution in [2.24, 2.45) is 0 Å². The average Bonchev–Trinajstić information content (AvgIpc) is 3.15. The molecule has 3 rings (SSSR count). The summed E-state index contributed by atoms with van der Waals surface area (Å²) in [5, 5.41) is 7.09. The highest BCUT2D eigenvalue weighted by Crippen LogP contribution is 2.18. The Hall–Kier alpha value is -3.22. The summed E-state index contributed by atoms with van der Waals surface area (Å²) in [4.78, 5) is 29.0. The van der Waals surface area contributed by atoms with Crippen LogP contribution in [0.15, 0.2) is 64.1 Å². The number of nitrogens with one attached hydrogen (secondary N) is 1. The molecular weight excluding hydrogens is 320 g/mol. The zero-order valence-electron chi connectivity index (χ0n) is 14.0. The van der Waals surface area contributed by atoms with E-state index in [-0.39, 0.29) is 18.0 Å². The van der Waals surface area contributed by atoms with Crippen molar-refractivity contribution < 1.29 is 9.21 Å². The van der Waals surface area contributed by atoms with Crippen molar-refractivity contribution in [3.8, 4) is 11.5 Å². The van der Waals surface area contributed by atoms with Crippen LogP contribution in [0.3, 0.4) is 0 Å². The van der Waals surface area contributed by atoms with Gasteiger partial charge in [0.2, 0.25) is 5.91 Å². The number of pyridine rings is 1. The standard InChI is InChI=1S/C18H18N4O3/c1-18(2,17(24)20-12-13-6-3-4-10-19-13)22-16(23)9-8-14(21-22)15-7-5-11-25-15/h3-11H,12H2,1-2H3,(H,20,24). The Balaban J connectivity index is 1.84. The molecule has 0 aromatic carbocycles. The van der Waals surface area contributed by atoms with Crippen molar-refractivity contribution in [3.63, 3.8) is 0 Å². The Morgan fingerprint density at radius 3 is 2.72 bits per heavy atom. The quantitative estimate of drug-likeness (QED) is 0.768. The lowest BCUT2D eigenvalue weighted by atomic mass is 10.0. The first kappa shape index (κ1) is 16.6. The molecule has 0 radical (unpaired) electrons. The van der Waals surface area contributed by atoms with Gasteiger partial charge in [0, 0.05) is 12.3 Å². The van der Waals surface area contributed by atoms with Gasteiger partial charge in [0.15, 0.2) is 5.76 Å². The Bertz CT molecular complexity index is 915. The normalized spacial score (nSPS) is 11.3. The molecule has 0 atom stereocenters. The number of aromatic nitrogens is 3. The summed E-state index contributed by atoms with van der Waals surface area (Å²) in [6, 6.07) is 11.9. The van der Waals surface area contributed by atoms with E-state index in [0.29, 0.717) is 11.5 Å². The van der Waals surface area contributed by atoms with Crippen molar-refractivity contribution in [1.29, 1.82) is 0 Å². The Labute approximate surface area is 144 Å². The molecule has 7 nitrogen and oxygen atoms in total. The molecule has 0 saturated carbocycles. The molecule has 0 bridgehead atoms. The first-order valence-electron chi connectivity index (χ1n) is 7.81. The van der Waals surface area contributed by atoms with Gasteiger partial charge in [-0.25, -0.2) is 4.68 Å². The smallest absolute Gasteiger partial charge is 0.267 e. The fraction of sp³-hybridized carbons (Fsp3) is 0.222. The minimum atomic E-state index is -1.17. The van der Waals surface area contributed by atoms with Crippen molar-refractivity contribution >= 4 is 5.91 Å². The van der Waals surface area contributed by atoms with Gasteiger partial charge in [-0.05, 0) is 44.2 Å². The van der Waals surface area contributed by atoms with Crippen LogP contribution >= 0.6 is 0 Å². The van der Waals surface area contributed by atoms with E-state index in [9.17, 15) is 9.59 Å². The van der Waals surface area contributed by atoms with Gasteiger partial charge in [0.05, 0.1) is 18.5 Å². The van der Waals surface area contributed by atoms with Gasteiger partial charge in [-0.15, -0.1) is 0 Å². The SMILES string of the molecule is CC(C)(C(=O)NCc1ccccn1)n1nc(-c2ccco2)ccc1=O. The number of hydrogen-bond acceptors (Lipinski definition) is 5. The van der Waals surface area contributed by atoms with Crippen LogP contribution in [0, 0.1) is 0 Å². The largest absolute Gasteiger partial charge is 0.463 e. The molecule has 0 fully saturated rings. The molecular formula is C18H18N4O3. The molecule has 0 aliphatic carbocycles. The summed E-state index contributed by atoms with van der Waals surface area (Å²) in [5.74, 6) is 0.197. The highest BCUT2D eigenvalue weighted by Gasteiger charge is 2.32. The molecule has 25 heavy (non-hydrogen) atoms. The summed E-state index contributed by atoms with van der Waals surface area (Å²) in [6.45, 7) is 3.55. The Morgan fingerprint density at radius 2 is 2.04 bits per heavy atom. The van der Waals surface area contributed by atoms with Crippen LogP contribution in [-0.4, -0.2) is 20.7 Å². The fourth-order valence-electron chi connectivity index (χ4n) is 2.35. The second-order valence-electron chi connectivity index (χ2n) is 6.01. The fourth-order valence-corrected chi connectivity index (χ4v) is 2.35. The highest BCUT2D eigenvalue weighted by atomic mass is 16.3. The molecule has 0 saturated heterocycles. The number of carbonyl (C=O) groups excluding carboxylic acids is 1. The van der Waals surface area contributed by atoms with E-state index in [0.717, 1.165) is 5.69 Å². The summed E-state index contributed by atoms with van der Waals surface area (Å²) in [6.07, 6.45) is 3.18. The van der Waals surface area contributed by atoms with Crippen LogP contribution < -0.4 is 10.9 Å². The Kier molecular flexibility index (Phi) is 4.47. The maximum absolute atomic E-state index is 12.6. The minimum absolute atomic E-state index is 0.274. The zero-order valence-corrected chi connectivity index (χ0v) is 14.0. The summed E-state index contributed by atoms with van der Waals surface area (Å²) < 4.78 is 6.47. The number of carbonyl (C=O) groups is 1. The van der Waals surface area contributed by atoms with E-state index in [1.54, 1.807) is 44.3 Å². The summed E-state index contributed by atoms with van der Waals surface area (Å²) in [5.41, 5.74) is -0.325. The number of rotatable bonds is 5. The number of nitrogens with zero attached hydrogens (tertiary/aromatic N) is 3. The van der Waals surface area contributed by atoms with E-state index in [4.69, 9.17) is 4.42 Å². The van der Waals surface area contributed by atoms with Crippen molar-refractivity contribution in [1.82, 2.24) is 20.1 Å². The third-order valence-electron chi connectivity index (χ3n) is 3.82. The molecule has 3 aromatic heterocycles. The molecule has 1 amide bonds. The predicted molar refractivity (Wildman–Crippen MR) is 91.6 cm³/mol. The van der Waals surface area contributed by atoms with Gasteiger partial charge in [0.25, 0.3) is 5.56 Å². The van der Waals surface area contributed by atoms with Gasteiger partial charge in [-0.3, -0.25) is 14.6 Å². The first-order valence-corrected chi connectivity index (χ1v) is 7.81. The maximum Gasteiger partial charge on any atom is 0.267 e. The number of furan rings is 1. The van der Waals surface area contributed by atoms with Crippen LogP contribution in [0.25, 0.3) is 11.5 Å². The van der Waals surface area contributed by atoms with E-state index < -0.39 is 5.54 Å². The van der Waals surface area contributed by atoms with Crippen LogP contribution in [0.2, 0.25) is 0 Å². The third kappa shape index (κ3) is 3.50. The van der Waals surface area contributed by atoms with Crippen LogP contribution in [0.1, 0.15) is 19.5 Å². The molecule has 0 unspecified atom stereocenters. The van der Waals surface area contributed by atoms with E-state index in [1.807, 2.05) is 12.1 Å². The predicted octanol–water partition coefficient (Wildman–Crippen LogP) is 1.95. The molecule has 3 aromatic rings. The van der Waals surface area contributed by atoms with Gasteiger partial charge in [-0.1, -0.05) is 6.07 Å². The Morgan fingerprint density at radius 1 is 1.20 bits per heavy atom. The van der Waals surface area contributed by atoms with Crippen molar-refractivity contribution in [2.45, 2.75) is 25.9 Å². The third-order valence-corrected chi connectivity index (χ3v) is 3.82. The lowest BCUT2D eigenvalue weighted by Gasteiger charge is -2.25. The molecule has 0 aliphatic heterocycles. The van der Waals surface area contributed by atoms with Gasteiger partial charge in [-0.2, -0.15) is 5.10 Å². The molecule has 7 heteroatoms. The lowest BCUT2D eigenvalue weighted by molar-refractivity contribution is -0.129. The monoisotopic (exact) mass is 338 g/mol. The van der Waals surface area contributed by atoms with E-state index in [2.05, 4.69) is 15.4 Å². The number of amides is 1.